The third-order valence-corrected chi connectivity index (χ3v) is 4.25. The van der Waals surface area contributed by atoms with Gasteiger partial charge >= 0.3 is 6.03 Å². The van der Waals surface area contributed by atoms with Gasteiger partial charge in [-0.15, -0.1) is 0 Å². The minimum absolute atomic E-state index is 0.0104. The van der Waals surface area contributed by atoms with Gasteiger partial charge in [-0.05, 0) is 42.7 Å². The van der Waals surface area contributed by atoms with Crippen molar-refractivity contribution in [3.8, 4) is 0 Å². The summed E-state index contributed by atoms with van der Waals surface area (Å²) in [6.45, 7) is 0. The number of carbonyl (C=O) groups excluding carboxylic acids is 2. The highest BCUT2D eigenvalue weighted by atomic mass is 35.5. The van der Waals surface area contributed by atoms with Gasteiger partial charge in [-0.25, -0.2) is 9.69 Å². The predicted molar refractivity (Wildman–Crippen MR) is 75.4 cm³/mol. The Morgan fingerprint density at radius 3 is 2.50 bits per heavy atom. The lowest BCUT2D eigenvalue weighted by Crippen LogP contribution is -2.41. The number of hydrogen-bond acceptors (Lipinski definition) is 2. The van der Waals surface area contributed by atoms with Gasteiger partial charge in [0, 0.05) is 5.02 Å². The Morgan fingerprint density at radius 1 is 1.15 bits per heavy atom. The smallest absolute Gasteiger partial charge is 0.281 e. The van der Waals surface area contributed by atoms with E-state index in [1.165, 1.54) is 4.90 Å². The molecule has 5 rings (SSSR count). The molecule has 3 aliphatic heterocycles. The molecule has 1 unspecified atom stereocenters. The second-order valence-corrected chi connectivity index (χ2v) is 5.54. The summed E-state index contributed by atoms with van der Waals surface area (Å²) in [6, 6.07) is 6.49. The van der Waals surface area contributed by atoms with Crippen LogP contribution >= 0.6 is 11.6 Å². The molecule has 0 spiro atoms. The van der Waals surface area contributed by atoms with Crippen LogP contribution in [0.3, 0.4) is 0 Å². The monoisotopic (exact) mass is 286 g/mol. The first-order chi connectivity index (χ1) is 9.66. The zero-order valence-electron chi connectivity index (χ0n) is 10.5. The predicted octanol–water partition coefficient (Wildman–Crippen LogP) is 3.09. The van der Waals surface area contributed by atoms with Crippen molar-refractivity contribution in [1.29, 1.82) is 0 Å². The lowest BCUT2D eigenvalue weighted by Gasteiger charge is -2.34. The van der Waals surface area contributed by atoms with Gasteiger partial charge in [0.2, 0.25) is 0 Å². The minimum Gasteiger partial charge on any atom is -0.281 e. The number of amides is 3. The third kappa shape index (κ3) is 1.42. The molecule has 4 nitrogen and oxygen atoms in total. The van der Waals surface area contributed by atoms with E-state index < -0.39 is 0 Å². The fourth-order valence-electron chi connectivity index (χ4n) is 3.04. The lowest BCUT2D eigenvalue weighted by atomic mass is 9.90. The molecule has 0 radical (unpaired) electrons. The van der Waals surface area contributed by atoms with Crippen molar-refractivity contribution in [2.45, 2.75) is 18.9 Å². The fourth-order valence-corrected chi connectivity index (χ4v) is 3.17. The van der Waals surface area contributed by atoms with Gasteiger partial charge in [0.1, 0.15) is 5.70 Å². The highest BCUT2D eigenvalue weighted by Gasteiger charge is 2.48. The highest BCUT2D eigenvalue weighted by molar-refractivity contribution is 6.31. The molecule has 3 amide bonds. The summed E-state index contributed by atoms with van der Waals surface area (Å²) < 4.78 is 0. The van der Waals surface area contributed by atoms with Crippen molar-refractivity contribution in [3.63, 3.8) is 0 Å². The molecule has 0 saturated carbocycles. The molecule has 1 saturated heterocycles. The SMILES string of the molecule is O=C1C2=C3C=CC(CC3)N2C(=O)N1c1ccc(Cl)cc1. The van der Waals surface area contributed by atoms with Gasteiger partial charge in [0.15, 0.2) is 0 Å². The van der Waals surface area contributed by atoms with Crippen molar-refractivity contribution in [3.05, 3.63) is 52.7 Å². The van der Waals surface area contributed by atoms with Crippen LogP contribution in [-0.4, -0.2) is 22.9 Å². The number of rotatable bonds is 1. The number of nitrogens with zero attached hydrogens (tertiary/aromatic N) is 2. The number of halogens is 1. The highest BCUT2D eigenvalue weighted by Crippen LogP contribution is 2.40. The van der Waals surface area contributed by atoms with E-state index in [2.05, 4.69) is 0 Å². The second kappa shape index (κ2) is 3.96. The Morgan fingerprint density at radius 2 is 1.90 bits per heavy atom. The Bertz CT molecular complexity index is 690. The van der Waals surface area contributed by atoms with Crippen LogP contribution < -0.4 is 4.90 Å². The van der Waals surface area contributed by atoms with E-state index in [0.29, 0.717) is 16.4 Å². The average Bonchev–Trinajstić information content (AvgIpc) is 2.76. The molecule has 0 N–H and O–H groups in total. The second-order valence-electron chi connectivity index (χ2n) is 5.11. The molecule has 1 aliphatic carbocycles. The average molecular weight is 287 g/mol. The number of imide groups is 1. The zero-order valence-corrected chi connectivity index (χ0v) is 11.3. The van der Waals surface area contributed by atoms with Gasteiger partial charge in [-0.3, -0.25) is 9.69 Å². The fraction of sp³-hybridized carbons (Fsp3) is 0.200. The van der Waals surface area contributed by atoms with Crippen LogP contribution in [0.15, 0.2) is 47.7 Å². The Hall–Kier alpha value is -2.07. The molecule has 4 aliphatic rings. The van der Waals surface area contributed by atoms with Crippen molar-refractivity contribution in [2.75, 3.05) is 4.90 Å². The molecule has 0 aromatic heterocycles. The lowest BCUT2D eigenvalue weighted by molar-refractivity contribution is -0.114. The van der Waals surface area contributed by atoms with E-state index in [-0.39, 0.29) is 18.0 Å². The van der Waals surface area contributed by atoms with E-state index in [1.54, 1.807) is 29.2 Å². The standard InChI is InChI=1S/C15H11ClN2O2/c16-10-3-7-12(8-4-10)18-14(19)13-9-1-5-11(6-2-9)17(13)15(18)20/h1,3-5,7-8,11H,2,6H2. The summed E-state index contributed by atoms with van der Waals surface area (Å²) in [7, 11) is 0. The maximum Gasteiger partial charge on any atom is 0.336 e. The number of carbonyl (C=O) groups is 2. The van der Waals surface area contributed by atoms with Crippen molar-refractivity contribution >= 4 is 29.2 Å². The molecular weight excluding hydrogens is 276 g/mol. The van der Waals surface area contributed by atoms with E-state index in [0.717, 1.165) is 18.4 Å². The number of urea groups is 1. The molecule has 20 heavy (non-hydrogen) atoms. The van der Waals surface area contributed by atoms with E-state index in [1.807, 2.05) is 12.2 Å². The van der Waals surface area contributed by atoms with Gasteiger partial charge in [0.25, 0.3) is 5.91 Å². The topological polar surface area (TPSA) is 40.6 Å². The van der Waals surface area contributed by atoms with Crippen LogP contribution in [0.25, 0.3) is 0 Å². The quantitative estimate of drug-likeness (QED) is 0.744. The number of allylic oxidation sites excluding steroid dienone is 2. The Kier molecular flexibility index (Phi) is 2.32. The molecule has 5 heteroatoms. The van der Waals surface area contributed by atoms with Crippen LogP contribution in [0, 0.1) is 0 Å². The zero-order chi connectivity index (χ0) is 13.9. The molecule has 2 bridgehead atoms. The normalized spacial score (nSPS) is 23.9. The van der Waals surface area contributed by atoms with Gasteiger partial charge in [-0.1, -0.05) is 23.8 Å². The van der Waals surface area contributed by atoms with Crippen LogP contribution in [0.2, 0.25) is 5.02 Å². The van der Waals surface area contributed by atoms with Crippen molar-refractivity contribution in [2.24, 2.45) is 0 Å². The molecular formula is C15H11ClN2O2. The first-order valence-corrected chi connectivity index (χ1v) is 6.89. The molecule has 3 heterocycles. The molecule has 1 fully saturated rings. The molecule has 1 aromatic carbocycles. The van der Waals surface area contributed by atoms with E-state index in [9.17, 15) is 9.59 Å². The van der Waals surface area contributed by atoms with Crippen LogP contribution in [0.1, 0.15) is 12.8 Å². The molecule has 1 atom stereocenters. The minimum atomic E-state index is -0.265. The molecule has 1 aromatic rings. The largest absolute Gasteiger partial charge is 0.336 e. The van der Waals surface area contributed by atoms with E-state index >= 15 is 0 Å². The summed E-state index contributed by atoms with van der Waals surface area (Å²) in [5, 5.41) is 0.578. The maximum atomic E-state index is 12.6. The van der Waals surface area contributed by atoms with Gasteiger partial charge in [-0.2, -0.15) is 0 Å². The number of fused-ring (bicyclic) bond motifs is 1. The third-order valence-electron chi connectivity index (χ3n) is 3.99. The van der Waals surface area contributed by atoms with Crippen LogP contribution in [0.5, 0.6) is 0 Å². The van der Waals surface area contributed by atoms with Crippen molar-refractivity contribution in [1.82, 2.24) is 4.90 Å². The first kappa shape index (κ1) is 11.7. The Labute approximate surface area is 120 Å². The summed E-state index contributed by atoms with van der Waals surface area (Å²) in [4.78, 5) is 28.0. The van der Waals surface area contributed by atoms with Gasteiger partial charge < -0.3 is 0 Å². The van der Waals surface area contributed by atoms with E-state index in [4.69, 9.17) is 11.6 Å². The number of hydrogen-bond donors (Lipinski definition) is 0. The van der Waals surface area contributed by atoms with Crippen molar-refractivity contribution < 1.29 is 9.59 Å². The number of benzene rings is 1. The van der Waals surface area contributed by atoms with Crippen LogP contribution in [0.4, 0.5) is 10.5 Å². The van der Waals surface area contributed by atoms with Crippen LogP contribution in [-0.2, 0) is 4.79 Å². The summed E-state index contributed by atoms with van der Waals surface area (Å²) in [5.41, 5.74) is 2.07. The van der Waals surface area contributed by atoms with Gasteiger partial charge in [0.05, 0.1) is 11.7 Å². The maximum absolute atomic E-state index is 12.6. The summed E-state index contributed by atoms with van der Waals surface area (Å²) in [6.07, 6.45) is 5.72. The first-order valence-electron chi connectivity index (χ1n) is 6.51. The molecule has 100 valence electrons. The summed E-state index contributed by atoms with van der Waals surface area (Å²) >= 11 is 5.85. The number of anilines is 1. The summed E-state index contributed by atoms with van der Waals surface area (Å²) in [5.74, 6) is -0.235. The Balaban J connectivity index is 1.82.